The van der Waals surface area contributed by atoms with E-state index in [0.29, 0.717) is 36.6 Å². The minimum absolute atomic E-state index is 0.148. The lowest BCUT2D eigenvalue weighted by atomic mass is 9.94. The van der Waals surface area contributed by atoms with E-state index in [1.165, 1.54) is 0 Å². The summed E-state index contributed by atoms with van der Waals surface area (Å²) in [4.78, 5) is 21.1. The van der Waals surface area contributed by atoms with Gasteiger partial charge in [0, 0.05) is 32.1 Å². The Bertz CT molecular complexity index is 510. The van der Waals surface area contributed by atoms with E-state index < -0.39 is 0 Å². The first-order chi connectivity index (χ1) is 10.7. The molecular formula is C15H25N5O2. The molecule has 1 aliphatic heterocycles. The van der Waals surface area contributed by atoms with Crippen molar-refractivity contribution in [3.63, 3.8) is 0 Å². The molecule has 2 atom stereocenters. The Balaban J connectivity index is 1.50. The fourth-order valence-electron chi connectivity index (χ4n) is 3.60. The molecule has 0 bridgehead atoms. The van der Waals surface area contributed by atoms with E-state index in [2.05, 4.69) is 15.0 Å². The van der Waals surface area contributed by atoms with Gasteiger partial charge in [-0.05, 0) is 32.2 Å². The number of amides is 1. The first-order valence-corrected chi connectivity index (χ1v) is 8.17. The number of aryl methyl sites for hydroxylation is 1. The SMILES string of the molecule is Cc1noc(CN2CCN(C(=O)[C@@H]3CCC[C@@H]3CN)CC2)n1. The molecule has 1 amide bonds. The van der Waals surface area contributed by atoms with Crippen molar-refractivity contribution in [2.24, 2.45) is 17.6 Å². The number of hydrogen-bond donors (Lipinski definition) is 1. The predicted octanol–water partition coefficient (Wildman–Crippen LogP) is 0.397. The summed E-state index contributed by atoms with van der Waals surface area (Å²) in [5, 5.41) is 3.81. The summed E-state index contributed by atoms with van der Waals surface area (Å²) < 4.78 is 5.15. The standard InChI is InChI=1S/C15H25N5O2/c1-11-17-14(22-18-11)10-19-5-7-20(8-6-19)15(21)13-4-2-3-12(13)9-16/h12-13H,2-10,16H2,1H3/t12-,13-/m1/s1. The molecular weight excluding hydrogens is 282 g/mol. The van der Waals surface area contributed by atoms with Crippen molar-refractivity contribution in [1.82, 2.24) is 19.9 Å². The Morgan fingerprint density at radius 3 is 2.73 bits per heavy atom. The molecule has 0 radical (unpaired) electrons. The lowest BCUT2D eigenvalue weighted by Crippen LogP contribution is -2.50. The van der Waals surface area contributed by atoms with Crippen molar-refractivity contribution in [2.75, 3.05) is 32.7 Å². The van der Waals surface area contributed by atoms with Gasteiger partial charge in [-0.2, -0.15) is 4.98 Å². The van der Waals surface area contributed by atoms with Crippen LogP contribution in [0.15, 0.2) is 4.52 Å². The highest BCUT2D eigenvalue weighted by molar-refractivity contribution is 5.79. The Morgan fingerprint density at radius 2 is 2.09 bits per heavy atom. The summed E-state index contributed by atoms with van der Waals surface area (Å²) in [6.07, 6.45) is 3.24. The Kier molecular flexibility index (Phi) is 4.73. The predicted molar refractivity (Wildman–Crippen MR) is 80.8 cm³/mol. The summed E-state index contributed by atoms with van der Waals surface area (Å²) in [5.74, 6) is 2.15. The van der Waals surface area contributed by atoms with Crippen molar-refractivity contribution >= 4 is 5.91 Å². The van der Waals surface area contributed by atoms with E-state index in [1.807, 2.05) is 11.8 Å². The van der Waals surface area contributed by atoms with Crippen LogP contribution in [-0.4, -0.2) is 58.6 Å². The Labute approximate surface area is 130 Å². The van der Waals surface area contributed by atoms with Crippen LogP contribution >= 0.6 is 0 Å². The number of nitrogens with two attached hydrogens (primary N) is 1. The van der Waals surface area contributed by atoms with E-state index in [1.54, 1.807) is 0 Å². The molecule has 2 aliphatic rings. The first kappa shape index (κ1) is 15.4. The highest BCUT2D eigenvalue weighted by Crippen LogP contribution is 2.32. The number of aromatic nitrogens is 2. The molecule has 7 nitrogen and oxygen atoms in total. The van der Waals surface area contributed by atoms with Gasteiger partial charge in [0.1, 0.15) is 0 Å². The van der Waals surface area contributed by atoms with Gasteiger partial charge in [-0.25, -0.2) is 0 Å². The molecule has 1 aromatic rings. The lowest BCUT2D eigenvalue weighted by molar-refractivity contribution is -0.138. The quantitative estimate of drug-likeness (QED) is 0.866. The van der Waals surface area contributed by atoms with Gasteiger partial charge in [0.05, 0.1) is 6.54 Å². The zero-order valence-corrected chi connectivity index (χ0v) is 13.2. The smallest absolute Gasteiger partial charge is 0.240 e. The molecule has 1 aliphatic carbocycles. The molecule has 2 heterocycles. The molecule has 1 aromatic heterocycles. The molecule has 3 rings (SSSR count). The third-order valence-corrected chi connectivity index (χ3v) is 4.89. The summed E-state index contributed by atoms with van der Waals surface area (Å²) in [6, 6.07) is 0. The Morgan fingerprint density at radius 1 is 1.32 bits per heavy atom. The van der Waals surface area contributed by atoms with E-state index in [4.69, 9.17) is 10.3 Å². The normalized spacial score (nSPS) is 26.5. The number of piperazine rings is 1. The van der Waals surface area contributed by atoms with Crippen LogP contribution in [0.4, 0.5) is 0 Å². The molecule has 1 saturated heterocycles. The van der Waals surface area contributed by atoms with Crippen LogP contribution in [0.3, 0.4) is 0 Å². The van der Waals surface area contributed by atoms with Gasteiger partial charge in [0.2, 0.25) is 11.8 Å². The minimum atomic E-state index is 0.148. The summed E-state index contributed by atoms with van der Waals surface area (Å²) >= 11 is 0. The average molecular weight is 307 g/mol. The van der Waals surface area contributed by atoms with Gasteiger partial charge >= 0.3 is 0 Å². The molecule has 0 aromatic carbocycles. The zero-order chi connectivity index (χ0) is 15.5. The van der Waals surface area contributed by atoms with Crippen molar-refractivity contribution in [3.8, 4) is 0 Å². The molecule has 0 spiro atoms. The molecule has 122 valence electrons. The van der Waals surface area contributed by atoms with Crippen molar-refractivity contribution in [3.05, 3.63) is 11.7 Å². The van der Waals surface area contributed by atoms with E-state index in [-0.39, 0.29) is 5.92 Å². The fraction of sp³-hybridized carbons (Fsp3) is 0.800. The molecule has 7 heteroatoms. The third-order valence-electron chi connectivity index (χ3n) is 4.89. The van der Waals surface area contributed by atoms with Crippen molar-refractivity contribution in [1.29, 1.82) is 0 Å². The second-order valence-corrected chi connectivity index (χ2v) is 6.37. The summed E-state index contributed by atoms with van der Waals surface area (Å²) in [6.45, 7) is 6.38. The lowest BCUT2D eigenvalue weighted by Gasteiger charge is -2.36. The van der Waals surface area contributed by atoms with Gasteiger partial charge < -0.3 is 15.2 Å². The van der Waals surface area contributed by atoms with Crippen LogP contribution in [0, 0.1) is 18.8 Å². The van der Waals surface area contributed by atoms with Gasteiger partial charge in [-0.1, -0.05) is 11.6 Å². The average Bonchev–Trinajstić information content (AvgIpc) is 3.16. The van der Waals surface area contributed by atoms with Crippen LogP contribution in [0.1, 0.15) is 31.0 Å². The van der Waals surface area contributed by atoms with Crippen molar-refractivity contribution in [2.45, 2.75) is 32.7 Å². The summed E-state index contributed by atoms with van der Waals surface area (Å²) in [5.41, 5.74) is 5.80. The van der Waals surface area contributed by atoms with Crippen molar-refractivity contribution < 1.29 is 9.32 Å². The maximum Gasteiger partial charge on any atom is 0.240 e. The third kappa shape index (κ3) is 3.30. The first-order valence-electron chi connectivity index (χ1n) is 8.17. The van der Waals surface area contributed by atoms with Crippen LogP contribution in [0.2, 0.25) is 0 Å². The minimum Gasteiger partial charge on any atom is -0.340 e. The molecule has 22 heavy (non-hydrogen) atoms. The number of hydrogen-bond acceptors (Lipinski definition) is 6. The highest BCUT2D eigenvalue weighted by atomic mass is 16.5. The van der Waals surface area contributed by atoms with Crippen LogP contribution in [-0.2, 0) is 11.3 Å². The van der Waals surface area contributed by atoms with Gasteiger partial charge in [-0.3, -0.25) is 9.69 Å². The largest absolute Gasteiger partial charge is 0.340 e. The van der Waals surface area contributed by atoms with E-state index in [0.717, 1.165) is 45.4 Å². The molecule has 0 unspecified atom stereocenters. The zero-order valence-electron chi connectivity index (χ0n) is 13.2. The molecule has 2 fully saturated rings. The number of nitrogens with zero attached hydrogens (tertiary/aromatic N) is 4. The van der Waals surface area contributed by atoms with E-state index >= 15 is 0 Å². The Hall–Kier alpha value is -1.47. The topological polar surface area (TPSA) is 88.5 Å². The number of carbonyl (C=O) groups is 1. The van der Waals surface area contributed by atoms with Gasteiger partial charge in [-0.15, -0.1) is 0 Å². The molecule has 1 saturated carbocycles. The monoisotopic (exact) mass is 307 g/mol. The maximum atomic E-state index is 12.6. The van der Waals surface area contributed by atoms with E-state index in [9.17, 15) is 4.79 Å². The van der Waals surface area contributed by atoms with Gasteiger partial charge in [0.25, 0.3) is 0 Å². The fourth-order valence-corrected chi connectivity index (χ4v) is 3.60. The summed E-state index contributed by atoms with van der Waals surface area (Å²) in [7, 11) is 0. The highest BCUT2D eigenvalue weighted by Gasteiger charge is 2.35. The number of rotatable bonds is 4. The maximum absolute atomic E-state index is 12.6. The molecule has 2 N–H and O–H groups in total. The van der Waals surface area contributed by atoms with Crippen LogP contribution < -0.4 is 5.73 Å². The second kappa shape index (κ2) is 6.75. The van der Waals surface area contributed by atoms with Gasteiger partial charge in [0.15, 0.2) is 5.82 Å². The second-order valence-electron chi connectivity index (χ2n) is 6.37. The van der Waals surface area contributed by atoms with Crippen LogP contribution in [0.5, 0.6) is 0 Å². The number of carbonyl (C=O) groups excluding carboxylic acids is 1. The van der Waals surface area contributed by atoms with Crippen LogP contribution in [0.25, 0.3) is 0 Å².